The van der Waals surface area contributed by atoms with Crippen molar-refractivity contribution >= 4 is 27.5 Å². The number of hydrogen-bond acceptors (Lipinski definition) is 5. The van der Waals surface area contributed by atoms with Crippen LogP contribution in [-0.4, -0.2) is 57.4 Å². The number of carbonyl (C=O) groups excluding carboxylic acids is 2. The molecule has 0 radical (unpaired) electrons. The minimum Gasteiger partial charge on any atom is -0.482 e. The maximum atomic E-state index is 12.8. The van der Waals surface area contributed by atoms with Gasteiger partial charge in [0, 0.05) is 19.1 Å². The smallest absolute Gasteiger partial charge is 0.265 e. The number of benzene rings is 2. The maximum Gasteiger partial charge on any atom is 0.265 e. The molecule has 8 nitrogen and oxygen atoms in total. The minimum absolute atomic E-state index is 0.0566. The predicted molar refractivity (Wildman–Crippen MR) is 115 cm³/mol. The van der Waals surface area contributed by atoms with E-state index < -0.39 is 10.0 Å². The van der Waals surface area contributed by atoms with Gasteiger partial charge < -0.3 is 9.64 Å². The van der Waals surface area contributed by atoms with Gasteiger partial charge in [-0.1, -0.05) is 29.8 Å². The zero-order valence-corrected chi connectivity index (χ0v) is 18.1. The SMILES string of the molecule is Cc1ccc(S(=O)(=O)NC2CCN(C(=O)CN3C(=O)COc4ccccc43)CC2)cc1. The highest BCUT2D eigenvalue weighted by Crippen LogP contribution is 2.31. The molecule has 0 aliphatic carbocycles. The van der Waals surface area contributed by atoms with Crippen molar-refractivity contribution in [2.75, 3.05) is 31.1 Å². The number of rotatable bonds is 5. The first-order valence-electron chi connectivity index (χ1n) is 10.2. The van der Waals surface area contributed by atoms with Crippen molar-refractivity contribution in [2.24, 2.45) is 0 Å². The molecular weight excluding hydrogens is 418 g/mol. The van der Waals surface area contributed by atoms with Crippen molar-refractivity contribution in [3.05, 3.63) is 54.1 Å². The quantitative estimate of drug-likeness (QED) is 0.759. The van der Waals surface area contributed by atoms with E-state index in [0.717, 1.165) is 5.56 Å². The normalized spacial score (nSPS) is 17.3. The third-order valence-corrected chi connectivity index (χ3v) is 7.14. The summed E-state index contributed by atoms with van der Waals surface area (Å²) in [7, 11) is -3.60. The molecule has 0 saturated carbocycles. The Morgan fingerprint density at radius 2 is 1.77 bits per heavy atom. The summed E-state index contributed by atoms with van der Waals surface area (Å²) in [5, 5.41) is 0. The number of aryl methyl sites for hydroxylation is 1. The van der Waals surface area contributed by atoms with Crippen molar-refractivity contribution in [2.45, 2.75) is 30.7 Å². The lowest BCUT2D eigenvalue weighted by Crippen LogP contribution is -2.50. The molecular formula is C22H25N3O5S. The molecule has 2 heterocycles. The summed E-state index contributed by atoms with van der Waals surface area (Å²) in [5.41, 5.74) is 1.58. The summed E-state index contributed by atoms with van der Waals surface area (Å²) < 4.78 is 33.4. The van der Waals surface area contributed by atoms with Gasteiger partial charge in [0.15, 0.2) is 6.61 Å². The standard InChI is InChI=1S/C22H25N3O5S/c1-16-6-8-18(9-7-16)31(28,29)23-17-10-12-24(13-11-17)21(26)14-25-19-4-2-3-5-20(19)30-15-22(25)27/h2-9,17,23H,10-15H2,1H3. The molecule has 0 atom stereocenters. The van der Waals surface area contributed by atoms with Crippen molar-refractivity contribution in [3.63, 3.8) is 0 Å². The summed E-state index contributed by atoms with van der Waals surface area (Å²) in [6.45, 7) is 2.62. The second-order valence-corrected chi connectivity index (χ2v) is 9.54. The molecule has 1 fully saturated rings. The molecule has 0 aromatic heterocycles. The molecule has 9 heteroatoms. The van der Waals surface area contributed by atoms with Crippen molar-refractivity contribution in [1.29, 1.82) is 0 Å². The van der Waals surface area contributed by atoms with Crippen molar-refractivity contribution in [1.82, 2.24) is 9.62 Å². The van der Waals surface area contributed by atoms with Crippen LogP contribution in [0.25, 0.3) is 0 Å². The van der Waals surface area contributed by atoms with Gasteiger partial charge in [0.1, 0.15) is 12.3 Å². The Kier molecular flexibility index (Phi) is 5.97. The van der Waals surface area contributed by atoms with Crippen LogP contribution in [0.5, 0.6) is 5.75 Å². The van der Waals surface area contributed by atoms with Gasteiger partial charge in [0.05, 0.1) is 10.6 Å². The van der Waals surface area contributed by atoms with Crippen LogP contribution in [0.2, 0.25) is 0 Å². The Morgan fingerprint density at radius 3 is 2.48 bits per heavy atom. The molecule has 31 heavy (non-hydrogen) atoms. The molecule has 1 N–H and O–H groups in total. The van der Waals surface area contributed by atoms with E-state index in [2.05, 4.69) is 4.72 Å². The number of amides is 2. The number of piperidine rings is 1. The number of sulfonamides is 1. The van der Waals surface area contributed by atoms with Crippen LogP contribution in [0.3, 0.4) is 0 Å². The van der Waals surface area contributed by atoms with E-state index in [1.54, 1.807) is 47.4 Å². The zero-order valence-electron chi connectivity index (χ0n) is 17.3. The van der Waals surface area contributed by atoms with E-state index in [-0.39, 0.29) is 35.9 Å². The Balaban J connectivity index is 1.34. The minimum atomic E-state index is -3.60. The number of fused-ring (bicyclic) bond motifs is 1. The average molecular weight is 444 g/mol. The third kappa shape index (κ3) is 4.72. The number of carbonyl (C=O) groups is 2. The van der Waals surface area contributed by atoms with Crippen LogP contribution in [0.15, 0.2) is 53.4 Å². The van der Waals surface area contributed by atoms with E-state index in [9.17, 15) is 18.0 Å². The summed E-state index contributed by atoms with van der Waals surface area (Å²) >= 11 is 0. The molecule has 2 aliphatic heterocycles. The fraction of sp³-hybridized carbons (Fsp3) is 0.364. The molecule has 2 aromatic rings. The lowest BCUT2D eigenvalue weighted by molar-refractivity contribution is -0.132. The first-order valence-corrected chi connectivity index (χ1v) is 11.7. The molecule has 0 spiro atoms. The molecule has 4 rings (SSSR count). The topological polar surface area (TPSA) is 96.0 Å². The van der Waals surface area contributed by atoms with E-state index in [0.29, 0.717) is 37.4 Å². The predicted octanol–water partition coefficient (Wildman–Crippen LogP) is 1.69. The number of nitrogens with zero attached hydrogens (tertiary/aromatic N) is 2. The first-order chi connectivity index (χ1) is 14.8. The monoisotopic (exact) mass is 443 g/mol. The Hall–Kier alpha value is -2.91. The first kappa shape index (κ1) is 21.3. The Bertz CT molecular complexity index is 1080. The van der Waals surface area contributed by atoms with Gasteiger partial charge in [-0.3, -0.25) is 14.5 Å². The lowest BCUT2D eigenvalue weighted by Gasteiger charge is -2.35. The van der Waals surface area contributed by atoms with Crippen molar-refractivity contribution in [3.8, 4) is 5.75 Å². The summed E-state index contributed by atoms with van der Waals surface area (Å²) in [6, 6.07) is 13.6. The van der Waals surface area contributed by atoms with Gasteiger partial charge in [-0.05, 0) is 44.0 Å². The van der Waals surface area contributed by atoms with E-state index >= 15 is 0 Å². The van der Waals surface area contributed by atoms with Crippen molar-refractivity contribution < 1.29 is 22.7 Å². The largest absolute Gasteiger partial charge is 0.482 e. The molecule has 2 aromatic carbocycles. The van der Waals surface area contributed by atoms with Gasteiger partial charge in [0.25, 0.3) is 5.91 Å². The highest BCUT2D eigenvalue weighted by atomic mass is 32.2. The molecule has 2 aliphatic rings. The summed E-state index contributed by atoms with van der Waals surface area (Å²) in [5.74, 6) is 0.164. The lowest BCUT2D eigenvalue weighted by atomic mass is 10.1. The summed E-state index contributed by atoms with van der Waals surface area (Å²) in [4.78, 5) is 28.5. The Labute approximate surface area is 181 Å². The third-order valence-electron chi connectivity index (χ3n) is 5.60. The Morgan fingerprint density at radius 1 is 1.10 bits per heavy atom. The van der Waals surface area contributed by atoms with Crippen LogP contribution in [0, 0.1) is 6.92 Å². The number of ether oxygens (including phenoxy) is 1. The van der Waals surface area contributed by atoms with Crippen LogP contribution < -0.4 is 14.4 Å². The van der Waals surface area contributed by atoms with Gasteiger partial charge in [-0.2, -0.15) is 0 Å². The van der Waals surface area contributed by atoms with Gasteiger partial charge in [-0.25, -0.2) is 13.1 Å². The summed E-state index contributed by atoms with van der Waals surface area (Å²) in [6.07, 6.45) is 1.04. The van der Waals surface area contributed by atoms with Gasteiger partial charge >= 0.3 is 0 Å². The molecule has 164 valence electrons. The van der Waals surface area contributed by atoms with Gasteiger partial charge in [-0.15, -0.1) is 0 Å². The number of likely N-dealkylation sites (tertiary alicyclic amines) is 1. The number of hydrogen-bond donors (Lipinski definition) is 1. The molecule has 0 unspecified atom stereocenters. The van der Waals surface area contributed by atoms with E-state index in [1.165, 1.54) is 4.90 Å². The molecule has 0 bridgehead atoms. The highest BCUT2D eigenvalue weighted by Gasteiger charge is 2.31. The fourth-order valence-corrected chi connectivity index (χ4v) is 5.12. The zero-order chi connectivity index (χ0) is 22.0. The van der Waals surface area contributed by atoms with E-state index in [4.69, 9.17) is 4.74 Å². The second kappa shape index (κ2) is 8.68. The van der Waals surface area contributed by atoms with Crippen LogP contribution in [0.4, 0.5) is 5.69 Å². The molecule has 1 saturated heterocycles. The molecule has 2 amide bonds. The number of para-hydroxylation sites is 2. The number of anilines is 1. The van der Waals surface area contributed by atoms with Crippen LogP contribution >= 0.6 is 0 Å². The van der Waals surface area contributed by atoms with Crippen LogP contribution in [-0.2, 0) is 19.6 Å². The van der Waals surface area contributed by atoms with Crippen LogP contribution in [0.1, 0.15) is 18.4 Å². The fourth-order valence-electron chi connectivity index (χ4n) is 3.81. The maximum absolute atomic E-state index is 12.8. The van der Waals surface area contributed by atoms with Gasteiger partial charge in [0.2, 0.25) is 15.9 Å². The highest BCUT2D eigenvalue weighted by molar-refractivity contribution is 7.89. The average Bonchev–Trinajstić information content (AvgIpc) is 2.76. The second-order valence-electron chi connectivity index (χ2n) is 7.83. The number of nitrogens with one attached hydrogen (secondary N) is 1. The van der Waals surface area contributed by atoms with E-state index in [1.807, 2.05) is 13.0 Å².